The highest BCUT2D eigenvalue weighted by molar-refractivity contribution is 8.00. The van der Waals surface area contributed by atoms with Crippen LogP contribution in [0.15, 0.2) is 34.1 Å². The number of benzene rings is 1. The van der Waals surface area contributed by atoms with Crippen molar-refractivity contribution in [2.45, 2.75) is 65.3 Å². The first-order valence-electron chi connectivity index (χ1n) is 12.1. The fourth-order valence-electron chi connectivity index (χ4n) is 5.32. The third-order valence-electron chi connectivity index (χ3n) is 7.45. The Labute approximate surface area is 214 Å². The second-order valence-electron chi connectivity index (χ2n) is 9.67. The van der Waals surface area contributed by atoms with Crippen molar-refractivity contribution in [3.05, 3.63) is 41.1 Å². The zero-order valence-corrected chi connectivity index (χ0v) is 21.2. The van der Waals surface area contributed by atoms with Crippen LogP contribution in [0, 0.1) is 11.3 Å². The van der Waals surface area contributed by atoms with Crippen molar-refractivity contribution in [3.8, 4) is 6.07 Å². The van der Waals surface area contributed by atoms with E-state index in [1.54, 1.807) is 12.1 Å². The number of nitriles is 1. The standard InChI is InChI=1S/C25H27F3N4O2S2/c26-25(27,28)35-18-4-2-16(3-5-18)17-6-11-32(12-7-17)23-19(14-29)21(31-24(15-33)9-1-10-24)22-20(30-23)8-13-36(22)34/h2-5,17,33H,1,6-13,15H2,(H,30,31). The highest BCUT2D eigenvalue weighted by atomic mass is 32.2. The summed E-state index contributed by atoms with van der Waals surface area (Å²) in [4.78, 5) is 7.66. The molecule has 5 rings (SSSR count). The van der Waals surface area contributed by atoms with E-state index in [0.29, 0.717) is 47.2 Å². The van der Waals surface area contributed by atoms with Gasteiger partial charge in [0.25, 0.3) is 0 Å². The van der Waals surface area contributed by atoms with Crippen LogP contribution in [0.4, 0.5) is 24.7 Å². The van der Waals surface area contributed by atoms with Crippen molar-refractivity contribution in [2.24, 2.45) is 0 Å². The largest absolute Gasteiger partial charge is 0.446 e. The second kappa shape index (κ2) is 9.88. The molecular formula is C25H27F3N4O2S2. The predicted molar refractivity (Wildman–Crippen MR) is 134 cm³/mol. The number of piperidine rings is 1. The second-order valence-corrected chi connectivity index (χ2v) is 12.3. The smallest absolute Gasteiger partial charge is 0.394 e. The molecule has 192 valence electrons. The minimum atomic E-state index is -4.30. The maximum absolute atomic E-state index is 12.8. The molecule has 36 heavy (non-hydrogen) atoms. The average molecular weight is 537 g/mol. The number of nitrogens with zero attached hydrogens (tertiary/aromatic N) is 3. The number of hydrogen-bond donors (Lipinski definition) is 2. The Hall–Kier alpha value is -2.29. The Morgan fingerprint density at radius 3 is 2.50 bits per heavy atom. The van der Waals surface area contributed by atoms with Crippen LogP contribution in [0.5, 0.6) is 0 Å². The van der Waals surface area contributed by atoms with Gasteiger partial charge in [-0.15, -0.1) is 0 Å². The van der Waals surface area contributed by atoms with Crippen LogP contribution in [-0.4, -0.2) is 50.8 Å². The number of thioether (sulfide) groups is 1. The van der Waals surface area contributed by atoms with E-state index < -0.39 is 21.8 Å². The monoisotopic (exact) mass is 536 g/mol. The molecule has 1 aromatic carbocycles. The van der Waals surface area contributed by atoms with Gasteiger partial charge in [0.05, 0.1) is 39.2 Å². The minimum Gasteiger partial charge on any atom is -0.394 e. The molecule has 2 aromatic rings. The normalized spacial score (nSPS) is 21.5. The lowest BCUT2D eigenvalue weighted by Gasteiger charge is -2.42. The molecule has 11 heteroatoms. The molecule has 3 aliphatic rings. The molecule has 0 radical (unpaired) electrons. The Morgan fingerprint density at radius 2 is 1.94 bits per heavy atom. The van der Waals surface area contributed by atoms with Crippen molar-refractivity contribution >= 4 is 34.1 Å². The van der Waals surface area contributed by atoms with Gasteiger partial charge in [-0.05, 0) is 67.5 Å². The van der Waals surface area contributed by atoms with Gasteiger partial charge in [0.15, 0.2) is 0 Å². The maximum atomic E-state index is 12.8. The van der Waals surface area contributed by atoms with Crippen LogP contribution in [-0.2, 0) is 17.2 Å². The highest BCUT2D eigenvalue weighted by Gasteiger charge is 2.40. The number of aromatic nitrogens is 1. The van der Waals surface area contributed by atoms with Crippen molar-refractivity contribution in [3.63, 3.8) is 0 Å². The van der Waals surface area contributed by atoms with Gasteiger partial charge in [0.1, 0.15) is 17.5 Å². The summed E-state index contributed by atoms with van der Waals surface area (Å²) in [7, 11) is -1.24. The predicted octanol–water partition coefficient (Wildman–Crippen LogP) is 4.94. The SMILES string of the molecule is N#Cc1c(N2CCC(c3ccc(SC(F)(F)F)cc3)CC2)nc2c(c1NC1(CO)CCC1)S(=O)CC2. The van der Waals surface area contributed by atoms with Crippen LogP contribution in [0.1, 0.15) is 54.8 Å². The van der Waals surface area contributed by atoms with Gasteiger partial charge in [-0.25, -0.2) is 4.98 Å². The molecule has 6 nitrogen and oxygen atoms in total. The first-order chi connectivity index (χ1) is 17.2. The van der Waals surface area contributed by atoms with Gasteiger partial charge in [-0.1, -0.05) is 12.1 Å². The molecule has 3 heterocycles. The lowest BCUT2D eigenvalue weighted by molar-refractivity contribution is -0.0328. The molecule has 1 saturated heterocycles. The number of halogens is 3. The number of fused-ring (bicyclic) bond motifs is 1. The Kier molecular flexibility index (Phi) is 6.96. The lowest BCUT2D eigenvalue weighted by atomic mass is 9.77. The van der Waals surface area contributed by atoms with Gasteiger partial charge >= 0.3 is 5.51 Å². The molecule has 2 fully saturated rings. The van der Waals surface area contributed by atoms with Crippen LogP contribution >= 0.6 is 11.8 Å². The Bertz CT molecular complexity index is 1200. The summed E-state index contributed by atoms with van der Waals surface area (Å²) < 4.78 is 50.7. The summed E-state index contributed by atoms with van der Waals surface area (Å²) in [6.45, 7) is 1.25. The van der Waals surface area contributed by atoms with Crippen LogP contribution < -0.4 is 10.2 Å². The molecule has 1 atom stereocenters. The number of nitrogens with one attached hydrogen (secondary N) is 1. The molecule has 1 aromatic heterocycles. The number of rotatable bonds is 6. The molecule has 0 bridgehead atoms. The molecule has 1 saturated carbocycles. The fourth-order valence-corrected chi connectivity index (χ4v) is 7.24. The third-order valence-corrected chi connectivity index (χ3v) is 9.66. The highest BCUT2D eigenvalue weighted by Crippen LogP contribution is 2.43. The van der Waals surface area contributed by atoms with E-state index in [1.807, 2.05) is 0 Å². The molecule has 0 amide bonds. The molecule has 1 aliphatic carbocycles. The van der Waals surface area contributed by atoms with Crippen LogP contribution in [0.2, 0.25) is 0 Å². The van der Waals surface area contributed by atoms with E-state index >= 15 is 0 Å². The van der Waals surface area contributed by atoms with E-state index in [2.05, 4.69) is 16.3 Å². The summed E-state index contributed by atoms with van der Waals surface area (Å²) >= 11 is -0.110. The fraction of sp³-hybridized carbons (Fsp3) is 0.520. The van der Waals surface area contributed by atoms with E-state index in [4.69, 9.17) is 4.98 Å². The van der Waals surface area contributed by atoms with Crippen LogP contribution in [0.25, 0.3) is 0 Å². The first-order valence-corrected chi connectivity index (χ1v) is 14.2. The summed E-state index contributed by atoms with van der Waals surface area (Å²) in [5.74, 6) is 1.27. The van der Waals surface area contributed by atoms with Crippen LogP contribution in [0.3, 0.4) is 0 Å². The van der Waals surface area contributed by atoms with Crippen molar-refractivity contribution in [1.82, 2.24) is 4.98 Å². The third kappa shape index (κ3) is 4.95. The van der Waals surface area contributed by atoms with E-state index in [0.717, 1.165) is 43.4 Å². The number of alkyl halides is 3. The zero-order chi connectivity index (χ0) is 25.5. The number of aryl methyl sites for hydroxylation is 1. The Balaban J connectivity index is 1.37. The maximum Gasteiger partial charge on any atom is 0.446 e. The number of anilines is 2. The number of aliphatic hydroxyl groups excluding tert-OH is 1. The first kappa shape index (κ1) is 25.4. The summed E-state index contributed by atoms with van der Waals surface area (Å²) in [6, 6.07) is 8.88. The molecular weight excluding hydrogens is 509 g/mol. The van der Waals surface area contributed by atoms with Crippen molar-refractivity contribution in [1.29, 1.82) is 5.26 Å². The van der Waals surface area contributed by atoms with Gasteiger partial charge < -0.3 is 15.3 Å². The summed E-state index contributed by atoms with van der Waals surface area (Å²) in [5, 5.41) is 23.6. The number of hydrogen-bond acceptors (Lipinski definition) is 7. The summed E-state index contributed by atoms with van der Waals surface area (Å²) in [6.07, 6.45) is 4.72. The topological polar surface area (TPSA) is 89.2 Å². The van der Waals surface area contributed by atoms with Gasteiger partial charge in [-0.2, -0.15) is 18.4 Å². The Morgan fingerprint density at radius 1 is 1.25 bits per heavy atom. The molecule has 2 N–H and O–H groups in total. The van der Waals surface area contributed by atoms with Crippen molar-refractivity contribution in [2.75, 3.05) is 35.7 Å². The number of pyridine rings is 1. The molecule has 2 aliphatic heterocycles. The minimum absolute atomic E-state index is 0.0530. The molecule has 1 unspecified atom stereocenters. The van der Waals surface area contributed by atoms with E-state index in [9.17, 15) is 27.7 Å². The van der Waals surface area contributed by atoms with E-state index in [-0.39, 0.29) is 29.2 Å². The lowest BCUT2D eigenvalue weighted by Crippen LogP contribution is -2.48. The van der Waals surface area contributed by atoms with Crippen molar-refractivity contribution < 1.29 is 22.5 Å². The van der Waals surface area contributed by atoms with Gasteiger partial charge in [0.2, 0.25) is 0 Å². The quantitative estimate of drug-likeness (QED) is 0.506. The van der Waals surface area contributed by atoms with Gasteiger partial charge in [-0.3, -0.25) is 4.21 Å². The van der Waals surface area contributed by atoms with E-state index in [1.165, 1.54) is 12.1 Å². The zero-order valence-electron chi connectivity index (χ0n) is 19.6. The summed E-state index contributed by atoms with van der Waals surface area (Å²) in [5.41, 5.74) is -2.11. The van der Waals surface area contributed by atoms with Gasteiger partial charge in [0, 0.05) is 30.2 Å². The average Bonchev–Trinajstić information content (AvgIpc) is 3.21. The number of aliphatic hydroxyl groups is 1. The molecule has 0 spiro atoms.